The summed E-state index contributed by atoms with van der Waals surface area (Å²) in [6, 6.07) is -0.477. The molecule has 0 spiro atoms. The van der Waals surface area contributed by atoms with Crippen molar-refractivity contribution in [3.63, 3.8) is 0 Å². The van der Waals surface area contributed by atoms with Gasteiger partial charge in [0.05, 0.1) is 0 Å². The Morgan fingerprint density at radius 2 is 1.85 bits per heavy atom. The Hall–Kier alpha value is -1.06. The van der Waals surface area contributed by atoms with Gasteiger partial charge >= 0.3 is 0 Å². The Bertz CT molecular complexity index is 202. The van der Waals surface area contributed by atoms with Crippen molar-refractivity contribution in [3.8, 4) is 0 Å². The lowest BCUT2D eigenvalue weighted by Crippen LogP contribution is -2.46. The van der Waals surface area contributed by atoms with E-state index >= 15 is 0 Å². The number of nitrogens with zero attached hydrogens (tertiary/aromatic N) is 1. The van der Waals surface area contributed by atoms with Gasteiger partial charge in [0.1, 0.15) is 6.04 Å². The lowest BCUT2D eigenvalue weighted by Gasteiger charge is -2.26. The van der Waals surface area contributed by atoms with Crippen LogP contribution >= 0.6 is 0 Å². The van der Waals surface area contributed by atoms with Crippen molar-refractivity contribution < 1.29 is 9.59 Å². The van der Waals surface area contributed by atoms with E-state index in [2.05, 4.69) is 0 Å². The summed E-state index contributed by atoms with van der Waals surface area (Å²) in [5, 5.41) is 0. The van der Waals surface area contributed by atoms with Crippen molar-refractivity contribution >= 4 is 11.8 Å². The van der Waals surface area contributed by atoms with E-state index in [4.69, 9.17) is 5.73 Å². The highest BCUT2D eigenvalue weighted by Gasteiger charge is 2.24. The summed E-state index contributed by atoms with van der Waals surface area (Å²) in [7, 11) is 1.61. The maximum Gasteiger partial charge on any atom is 0.240 e. The van der Waals surface area contributed by atoms with Crippen molar-refractivity contribution in [2.45, 2.75) is 33.2 Å². The molecule has 4 nitrogen and oxygen atoms in total. The van der Waals surface area contributed by atoms with Gasteiger partial charge in [-0.1, -0.05) is 20.8 Å². The minimum absolute atomic E-state index is 0.0503. The van der Waals surface area contributed by atoms with Gasteiger partial charge in [0, 0.05) is 13.0 Å². The number of carbonyl (C=O) groups is 2. The first kappa shape index (κ1) is 11.9. The smallest absolute Gasteiger partial charge is 0.240 e. The molecule has 2 N–H and O–H groups in total. The summed E-state index contributed by atoms with van der Waals surface area (Å²) in [4.78, 5) is 23.8. The van der Waals surface area contributed by atoms with E-state index in [0.29, 0.717) is 6.42 Å². The lowest BCUT2D eigenvalue weighted by atomic mass is 10.1. The molecule has 2 amide bonds. The Kier molecular flexibility index (Phi) is 4.45. The van der Waals surface area contributed by atoms with Crippen LogP contribution in [0.2, 0.25) is 0 Å². The Balaban J connectivity index is 4.46. The number of primary amides is 1. The van der Waals surface area contributed by atoms with Crippen molar-refractivity contribution in [3.05, 3.63) is 0 Å². The van der Waals surface area contributed by atoms with Crippen molar-refractivity contribution in [1.82, 2.24) is 4.90 Å². The summed E-state index contributed by atoms with van der Waals surface area (Å²) in [5.74, 6) is -0.594. The monoisotopic (exact) mass is 186 g/mol. The van der Waals surface area contributed by atoms with E-state index < -0.39 is 11.9 Å². The SMILES string of the molecule is CCC(C(N)=O)N(C)C(=O)C(C)C. The molecular weight excluding hydrogens is 168 g/mol. The van der Waals surface area contributed by atoms with Gasteiger partial charge in [0.25, 0.3) is 0 Å². The van der Waals surface area contributed by atoms with Crippen LogP contribution in [-0.2, 0) is 9.59 Å². The highest BCUT2D eigenvalue weighted by atomic mass is 16.2. The zero-order chi connectivity index (χ0) is 10.6. The average Bonchev–Trinajstić information content (AvgIpc) is 2.03. The number of hydrogen-bond acceptors (Lipinski definition) is 2. The predicted octanol–water partition coefficient (Wildman–Crippen LogP) is 0.365. The minimum Gasteiger partial charge on any atom is -0.368 e. The van der Waals surface area contributed by atoms with Gasteiger partial charge in [-0.25, -0.2) is 0 Å². The van der Waals surface area contributed by atoms with E-state index in [9.17, 15) is 9.59 Å². The summed E-state index contributed by atoms with van der Waals surface area (Å²) in [6.07, 6.45) is 0.560. The van der Waals surface area contributed by atoms with Gasteiger partial charge < -0.3 is 10.6 Å². The molecule has 1 unspecified atom stereocenters. The predicted molar refractivity (Wildman–Crippen MR) is 50.9 cm³/mol. The van der Waals surface area contributed by atoms with E-state index in [1.807, 2.05) is 6.92 Å². The van der Waals surface area contributed by atoms with E-state index in [1.54, 1.807) is 20.9 Å². The average molecular weight is 186 g/mol. The molecule has 0 bridgehead atoms. The topological polar surface area (TPSA) is 63.4 Å². The second kappa shape index (κ2) is 4.84. The minimum atomic E-state index is -0.477. The molecule has 0 heterocycles. The van der Waals surface area contributed by atoms with Gasteiger partial charge in [-0.3, -0.25) is 9.59 Å². The molecule has 0 saturated heterocycles. The molecule has 0 aromatic carbocycles. The molecule has 0 saturated carbocycles. The van der Waals surface area contributed by atoms with Crippen LogP contribution in [-0.4, -0.2) is 29.8 Å². The Morgan fingerprint density at radius 1 is 1.38 bits per heavy atom. The van der Waals surface area contributed by atoms with Crippen LogP contribution in [0.4, 0.5) is 0 Å². The van der Waals surface area contributed by atoms with Crippen LogP contribution in [0.15, 0.2) is 0 Å². The van der Waals surface area contributed by atoms with Gasteiger partial charge in [-0.2, -0.15) is 0 Å². The standard InChI is InChI=1S/C9H18N2O2/c1-5-7(8(10)12)11(4)9(13)6(2)3/h6-7H,5H2,1-4H3,(H2,10,12). The number of rotatable bonds is 4. The van der Waals surface area contributed by atoms with Crippen LogP contribution in [0, 0.1) is 5.92 Å². The molecule has 76 valence electrons. The summed E-state index contributed by atoms with van der Waals surface area (Å²) in [5.41, 5.74) is 5.15. The molecule has 4 heteroatoms. The molecule has 0 aromatic heterocycles. The first-order valence-corrected chi connectivity index (χ1v) is 4.47. The number of amides is 2. The van der Waals surface area contributed by atoms with Gasteiger partial charge in [0.15, 0.2) is 0 Å². The molecule has 0 aliphatic carbocycles. The van der Waals surface area contributed by atoms with Crippen LogP contribution in [0.1, 0.15) is 27.2 Å². The maximum atomic E-state index is 11.5. The fourth-order valence-electron chi connectivity index (χ4n) is 1.23. The van der Waals surface area contributed by atoms with E-state index in [1.165, 1.54) is 4.90 Å². The van der Waals surface area contributed by atoms with Crippen molar-refractivity contribution in [1.29, 1.82) is 0 Å². The summed E-state index contributed by atoms with van der Waals surface area (Å²) >= 11 is 0. The molecule has 1 atom stereocenters. The lowest BCUT2D eigenvalue weighted by molar-refractivity contribution is -0.140. The third-order valence-corrected chi connectivity index (χ3v) is 2.02. The summed E-state index contributed by atoms with van der Waals surface area (Å²) < 4.78 is 0. The quantitative estimate of drug-likeness (QED) is 0.689. The zero-order valence-corrected chi connectivity index (χ0v) is 8.70. The largest absolute Gasteiger partial charge is 0.368 e. The number of hydrogen-bond donors (Lipinski definition) is 1. The molecule has 13 heavy (non-hydrogen) atoms. The molecule has 0 aromatic rings. The molecular formula is C9H18N2O2. The fraction of sp³-hybridized carbons (Fsp3) is 0.778. The first-order valence-electron chi connectivity index (χ1n) is 4.47. The van der Waals surface area contributed by atoms with Crippen LogP contribution in [0.25, 0.3) is 0 Å². The van der Waals surface area contributed by atoms with Crippen LogP contribution in [0.5, 0.6) is 0 Å². The Morgan fingerprint density at radius 3 is 2.08 bits per heavy atom. The first-order chi connectivity index (χ1) is 5.91. The normalized spacial score (nSPS) is 12.7. The Labute approximate surface area is 79.1 Å². The molecule has 0 rings (SSSR count). The zero-order valence-electron chi connectivity index (χ0n) is 8.70. The highest BCUT2D eigenvalue weighted by Crippen LogP contribution is 2.06. The van der Waals surface area contributed by atoms with Gasteiger partial charge in [-0.15, -0.1) is 0 Å². The third-order valence-electron chi connectivity index (χ3n) is 2.02. The molecule has 0 fully saturated rings. The van der Waals surface area contributed by atoms with Crippen molar-refractivity contribution in [2.24, 2.45) is 11.7 Å². The van der Waals surface area contributed by atoms with Crippen LogP contribution in [0.3, 0.4) is 0 Å². The second-order valence-corrected chi connectivity index (χ2v) is 3.43. The van der Waals surface area contributed by atoms with E-state index in [-0.39, 0.29) is 11.8 Å². The highest BCUT2D eigenvalue weighted by molar-refractivity contribution is 5.87. The molecule has 0 aliphatic rings. The molecule has 0 radical (unpaired) electrons. The number of likely N-dealkylation sites (N-methyl/N-ethyl adjacent to an activating group) is 1. The van der Waals surface area contributed by atoms with Gasteiger partial charge in [0.2, 0.25) is 11.8 Å². The fourth-order valence-corrected chi connectivity index (χ4v) is 1.23. The van der Waals surface area contributed by atoms with Crippen LogP contribution < -0.4 is 5.73 Å². The van der Waals surface area contributed by atoms with Crippen molar-refractivity contribution in [2.75, 3.05) is 7.05 Å². The second-order valence-electron chi connectivity index (χ2n) is 3.43. The van der Waals surface area contributed by atoms with Gasteiger partial charge in [-0.05, 0) is 6.42 Å². The van der Waals surface area contributed by atoms with E-state index in [0.717, 1.165) is 0 Å². The molecule has 0 aliphatic heterocycles. The summed E-state index contributed by atoms with van der Waals surface area (Å²) in [6.45, 7) is 5.43. The third kappa shape index (κ3) is 3.05. The number of nitrogens with two attached hydrogens (primary N) is 1. The number of carbonyl (C=O) groups excluding carboxylic acids is 2. The maximum absolute atomic E-state index is 11.5.